The fourth-order valence-corrected chi connectivity index (χ4v) is 9.74. The normalized spacial score (nSPS) is 11.3. The molecule has 0 fully saturated rings. The van der Waals surface area contributed by atoms with Crippen molar-refractivity contribution >= 4 is 78.3 Å². The summed E-state index contributed by atoms with van der Waals surface area (Å²) in [5.74, 6) is 0. The number of anilines is 6. The lowest BCUT2D eigenvalue weighted by Crippen LogP contribution is -2.10. The fourth-order valence-electron chi connectivity index (χ4n) is 8.00. The predicted molar refractivity (Wildman–Crippen MR) is 252 cm³/mol. The molecule has 8 aromatic carbocycles. The zero-order valence-corrected chi connectivity index (χ0v) is 34.0. The number of fused-ring (bicyclic) bond motifs is 2. The predicted octanol–water partition coefficient (Wildman–Crippen LogP) is 16.7. The number of thiophene rings is 2. The van der Waals surface area contributed by atoms with Gasteiger partial charge in [-0.05, 0) is 132 Å². The molecule has 2 heterocycles. The van der Waals surface area contributed by atoms with E-state index in [0.29, 0.717) is 0 Å². The zero-order chi connectivity index (χ0) is 39.0. The topological polar surface area (TPSA) is 6.48 Å². The first-order chi connectivity index (χ1) is 28.6. The third-order valence-corrected chi connectivity index (χ3v) is 13.0. The van der Waals surface area contributed by atoms with E-state index in [2.05, 4.69) is 230 Å². The molecule has 0 aliphatic rings. The maximum absolute atomic E-state index is 2.38. The van der Waals surface area contributed by atoms with E-state index >= 15 is 0 Å². The average molecular weight is 781 g/mol. The number of hydrogen-bond acceptors (Lipinski definition) is 4. The van der Waals surface area contributed by atoms with Gasteiger partial charge < -0.3 is 9.80 Å². The second-order valence-electron chi connectivity index (χ2n) is 14.7. The molecule has 278 valence electrons. The Bertz CT molecular complexity index is 2790. The lowest BCUT2D eigenvalue weighted by molar-refractivity contribution is 1.29. The van der Waals surface area contributed by atoms with E-state index in [4.69, 9.17) is 0 Å². The Hall–Kier alpha value is -6.72. The van der Waals surface area contributed by atoms with Crippen LogP contribution in [-0.2, 0) is 0 Å². The molecule has 0 aliphatic carbocycles. The maximum atomic E-state index is 2.38. The molecule has 2 nitrogen and oxygen atoms in total. The smallest absolute Gasteiger partial charge is 0.0540 e. The summed E-state index contributed by atoms with van der Waals surface area (Å²) in [4.78, 5) is 9.99. The minimum atomic E-state index is 1.11. The van der Waals surface area contributed by atoms with Crippen molar-refractivity contribution in [3.63, 3.8) is 0 Å². The molecule has 0 amide bonds. The Morgan fingerprint density at radius 3 is 0.966 bits per heavy atom. The summed E-state index contributed by atoms with van der Waals surface area (Å²) in [6.07, 6.45) is 0. The van der Waals surface area contributed by atoms with E-state index in [-0.39, 0.29) is 0 Å². The van der Waals surface area contributed by atoms with Crippen LogP contribution in [0.5, 0.6) is 0 Å². The van der Waals surface area contributed by atoms with E-state index in [9.17, 15) is 0 Å². The van der Waals surface area contributed by atoms with Crippen LogP contribution < -0.4 is 9.80 Å². The molecule has 0 bridgehead atoms. The van der Waals surface area contributed by atoms with Crippen LogP contribution in [-0.4, -0.2) is 0 Å². The molecule has 10 rings (SSSR count). The van der Waals surface area contributed by atoms with Gasteiger partial charge in [0.2, 0.25) is 0 Å². The highest BCUT2D eigenvalue weighted by atomic mass is 32.1. The third kappa shape index (κ3) is 6.87. The quantitative estimate of drug-likeness (QED) is 0.144. The highest BCUT2D eigenvalue weighted by molar-refractivity contribution is 7.15. The van der Waals surface area contributed by atoms with Crippen LogP contribution in [0.4, 0.5) is 34.1 Å². The van der Waals surface area contributed by atoms with Gasteiger partial charge in [0.05, 0.1) is 11.4 Å². The lowest BCUT2D eigenvalue weighted by atomic mass is 10.0. The molecule has 0 unspecified atom stereocenters. The van der Waals surface area contributed by atoms with Crippen molar-refractivity contribution in [3.05, 3.63) is 216 Å². The molecule has 0 saturated carbocycles. The molecule has 2 aromatic heterocycles. The standard InChI is InChI=1S/C54H40N2S2/c1-37-17-35-53(57-37)43-23-31-47(32-24-43)55(51-15-7-11-41-9-3-5-13-49(41)51)45-27-19-39(20-28-45)40-21-29-46(30-22-40)56(52-16-8-12-42-10-4-6-14-50(42)52)48-33-25-44(26-34-48)54-36-18-38(2)58-54/h3-36H,1-2H3. The summed E-state index contributed by atoms with van der Waals surface area (Å²) in [7, 11) is 0. The number of benzene rings is 8. The van der Waals surface area contributed by atoms with Crippen LogP contribution in [0.25, 0.3) is 53.6 Å². The Morgan fingerprint density at radius 2 is 0.621 bits per heavy atom. The molecular formula is C54H40N2S2. The largest absolute Gasteiger partial charge is 0.310 e. The van der Waals surface area contributed by atoms with E-state index in [1.165, 1.54) is 63.3 Å². The zero-order valence-electron chi connectivity index (χ0n) is 32.3. The van der Waals surface area contributed by atoms with E-state index in [1.807, 2.05) is 22.7 Å². The van der Waals surface area contributed by atoms with Crippen molar-refractivity contribution in [1.82, 2.24) is 0 Å². The van der Waals surface area contributed by atoms with Crippen LogP contribution in [0, 0.1) is 13.8 Å². The van der Waals surface area contributed by atoms with Crippen LogP contribution >= 0.6 is 22.7 Å². The first kappa shape index (κ1) is 35.7. The lowest BCUT2D eigenvalue weighted by Gasteiger charge is -2.27. The van der Waals surface area contributed by atoms with Crippen LogP contribution in [0.1, 0.15) is 9.75 Å². The van der Waals surface area contributed by atoms with Gasteiger partial charge in [-0.2, -0.15) is 0 Å². The molecule has 0 atom stereocenters. The SMILES string of the molecule is Cc1ccc(-c2ccc(N(c3ccc(-c4ccc(N(c5ccc(-c6ccc(C)s6)cc5)c5cccc6ccccc56)cc4)cc3)c3cccc4ccccc34)cc2)s1. The Morgan fingerprint density at radius 1 is 0.293 bits per heavy atom. The Balaban J connectivity index is 1.00. The molecule has 0 N–H and O–H groups in total. The molecule has 4 heteroatoms. The van der Waals surface area contributed by atoms with Crippen molar-refractivity contribution in [2.75, 3.05) is 9.80 Å². The number of hydrogen-bond donors (Lipinski definition) is 0. The van der Waals surface area contributed by atoms with Gasteiger partial charge in [0.15, 0.2) is 0 Å². The highest BCUT2D eigenvalue weighted by Crippen LogP contribution is 2.43. The maximum Gasteiger partial charge on any atom is 0.0540 e. The fraction of sp³-hybridized carbons (Fsp3) is 0.0370. The minimum absolute atomic E-state index is 1.11. The van der Waals surface area contributed by atoms with Crippen molar-refractivity contribution in [2.45, 2.75) is 13.8 Å². The van der Waals surface area contributed by atoms with Gasteiger partial charge in [-0.15, -0.1) is 22.7 Å². The molecule has 0 radical (unpaired) electrons. The molecule has 0 aliphatic heterocycles. The van der Waals surface area contributed by atoms with Crippen molar-refractivity contribution in [2.24, 2.45) is 0 Å². The molecule has 10 aromatic rings. The second-order valence-corrected chi connectivity index (χ2v) is 17.3. The summed E-state index contributed by atoms with van der Waals surface area (Å²) in [6.45, 7) is 4.33. The van der Waals surface area contributed by atoms with Gasteiger partial charge in [-0.3, -0.25) is 0 Å². The first-order valence-corrected chi connectivity index (χ1v) is 21.3. The average Bonchev–Trinajstić information content (AvgIpc) is 3.93. The van der Waals surface area contributed by atoms with Crippen LogP contribution in [0.2, 0.25) is 0 Å². The summed E-state index contributed by atoms with van der Waals surface area (Å²) >= 11 is 3.67. The van der Waals surface area contributed by atoms with Gasteiger partial charge in [-0.1, -0.05) is 121 Å². The molecule has 0 spiro atoms. The van der Waals surface area contributed by atoms with Gasteiger partial charge >= 0.3 is 0 Å². The van der Waals surface area contributed by atoms with Crippen molar-refractivity contribution in [1.29, 1.82) is 0 Å². The highest BCUT2D eigenvalue weighted by Gasteiger charge is 2.18. The Kier molecular flexibility index (Phi) is 9.42. The molecule has 58 heavy (non-hydrogen) atoms. The number of nitrogens with zero attached hydrogens (tertiary/aromatic N) is 2. The van der Waals surface area contributed by atoms with E-state index in [1.54, 1.807) is 0 Å². The summed E-state index contributed by atoms with van der Waals surface area (Å²) < 4.78 is 0. The minimum Gasteiger partial charge on any atom is -0.310 e. The van der Waals surface area contributed by atoms with Crippen LogP contribution in [0.15, 0.2) is 206 Å². The Labute approximate surface area is 348 Å². The van der Waals surface area contributed by atoms with Gasteiger partial charge in [0.1, 0.15) is 0 Å². The van der Waals surface area contributed by atoms with E-state index in [0.717, 1.165) is 34.1 Å². The molecule has 0 saturated heterocycles. The van der Waals surface area contributed by atoms with Gasteiger partial charge in [-0.25, -0.2) is 0 Å². The number of aryl methyl sites for hydroxylation is 2. The summed E-state index contributed by atoms with van der Waals surface area (Å²) in [6, 6.07) is 75.2. The van der Waals surface area contributed by atoms with Crippen molar-refractivity contribution in [3.8, 4) is 32.0 Å². The van der Waals surface area contributed by atoms with Crippen molar-refractivity contribution < 1.29 is 0 Å². The number of rotatable bonds is 9. The third-order valence-electron chi connectivity index (χ3n) is 10.9. The van der Waals surface area contributed by atoms with Gasteiger partial charge in [0.25, 0.3) is 0 Å². The first-order valence-electron chi connectivity index (χ1n) is 19.7. The monoisotopic (exact) mass is 780 g/mol. The summed E-state index contributed by atoms with van der Waals surface area (Å²) in [5.41, 5.74) is 11.6. The van der Waals surface area contributed by atoms with E-state index < -0.39 is 0 Å². The molecular weight excluding hydrogens is 741 g/mol. The van der Waals surface area contributed by atoms with Crippen LogP contribution in [0.3, 0.4) is 0 Å². The van der Waals surface area contributed by atoms with Gasteiger partial charge in [0, 0.05) is 53.0 Å². The second kappa shape index (κ2) is 15.3. The summed E-state index contributed by atoms with van der Waals surface area (Å²) in [5, 5.41) is 4.88.